The lowest BCUT2D eigenvalue weighted by Gasteiger charge is -2.08. The van der Waals surface area contributed by atoms with Crippen molar-refractivity contribution in [2.75, 3.05) is 0 Å². The van der Waals surface area contributed by atoms with Gasteiger partial charge >= 0.3 is 0 Å². The van der Waals surface area contributed by atoms with Gasteiger partial charge in [-0.05, 0) is 43.7 Å². The molecule has 6 heteroatoms. The Labute approximate surface area is 167 Å². The summed E-state index contributed by atoms with van der Waals surface area (Å²) < 4.78 is 7.01. The third-order valence-electron chi connectivity index (χ3n) is 4.27. The van der Waals surface area contributed by atoms with Crippen LogP contribution in [-0.2, 0) is 11.3 Å². The lowest BCUT2D eigenvalue weighted by Crippen LogP contribution is -2.16. The predicted molar refractivity (Wildman–Crippen MR) is 112 cm³/mol. The molecule has 28 heavy (non-hydrogen) atoms. The van der Waals surface area contributed by atoms with Crippen LogP contribution in [0.1, 0.15) is 19.5 Å². The van der Waals surface area contributed by atoms with Crippen LogP contribution in [-0.4, -0.2) is 20.7 Å². The number of fused-ring (bicyclic) bond motifs is 1. The van der Waals surface area contributed by atoms with Gasteiger partial charge in [0.25, 0.3) is 5.56 Å². The molecule has 0 fully saturated rings. The predicted octanol–water partition coefficient (Wildman–Crippen LogP) is 4.77. The molecular weight excluding hydrogens is 370 g/mol. The second-order valence-corrected chi connectivity index (χ2v) is 7.90. The molecular formula is C22H21N3O2S. The zero-order valence-corrected chi connectivity index (χ0v) is 16.6. The Kier molecular flexibility index (Phi) is 5.32. The van der Waals surface area contributed by atoms with Gasteiger partial charge in [0.1, 0.15) is 5.65 Å². The van der Waals surface area contributed by atoms with Crippen LogP contribution in [0.3, 0.4) is 0 Å². The van der Waals surface area contributed by atoms with Crippen molar-refractivity contribution in [2.24, 2.45) is 0 Å². The summed E-state index contributed by atoms with van der Waals surface area (Å²) in [4.78, 5) is 18.0. The van der Waals surface area contributed by atoms with Crippen molar-refractivity contribution in [3.8, 4) is 11.1 Å². The molecule has 0 spiro atoms. The van der Waals surface area contributed by atoms with E-state index in [2.05, 4.69) is 46.5 Å². The van der Waals surface area contributed by atoms with Crippen molar-refractivity contribution in [2.45, 2.75) is 36.3 Å². The van der Waals surface area contributed by atoms with Crippen LogP contribution in [0.2, 0.25) is 0 Å². The molecule has 0 radical (unpaired) electrons. The van der Waals surface area contributed by atoms with Gasteiger partial charge in [0.05, 0.1) is 18.9 Å². The summed E-state index contributed by atoms with van der Waals surface area (Å²) in [5, 5.41) is 4.25. The highest BCUT2D eigenvalue weighted by Crippen LogP contribution is 2.30. The standard InChI is InChI=1S/C22H21N3O2S/c1-15(2)27-14-17-12-21(26)25-22(24-17)20(13-23-25)16-8-10-19(11-9-16)28-18-6-4-3-5-7-18/h3-13,15,24H,14H2,1-2H3. The Hall–Kier alpha value is -2.83. The summed E-state index contributed by atoms with van der Waals surface area (Å²) in [6.07, 6.45) is 1.82. The molecule has 2 aromatic heterocycles. The highest BCUT2D eigenvalue weighted by Gasteiger charge is 2.11. The first-order valence-electron chi connectivity index (χ1n) is 9.15. The van der Waals surface area contributed by atoms with E-state index in [1.165, 1.54) is 15.5 Å². The van der Waals surface area contributed by atoms with E-state index < -0.39 is 0 Å². The van der Waals surface area contributed by atoms with Crippen LogP contribution in [0.4, 0.5) is 0 Å². The number of hydrogen-bond donors (Lipinski definition) is 1. The number of nitrogens with zero attached hydrogens (tertiary/aromatic N) is 2. The first kappa shape index (κ1) is 18.5. The van der Waals surface area contributed by atoms with Gasteiger partial charge in [0, 0.05) is 27.1 Å². The Morgan fingerprint density at radius 2 is 1.79 bits per heavy atom. The fourth-order valence-electron chi connectivity index (χ4n) is 2.91. The summed E-state index contributed by atoms with van der Waals surface area (Å²) in [6.45, 7) is 4.30. The molecule has 0 unspecified atom stereocenters. The average Bonchev–Trinajstić information content (AvgIpc) is 3.12. The molecule has 142 valence electrons. The van der Waals surface area contributed by atoms with E-state index in [1.807, 2.05) is 32.0 Å². The molecule has 1 N–H and O–H groups in total. The zero-order valence-electron chi connectivity index (χ0n) is 15.8. The van der Waals surface area contributed by atoms with E-state index in [9.17, 15) is 4.79 Å². The number of ether oxygens (including phenoxy) is 1. The number of aromatic nitrogens is 3. The minimum absolute atomic E-state index is 0.0961. The summed E-state index contributed by atoms with van der Waals surface area (Å²) in [7, 11) is 0. The maximum absolute atomic E-state index is 12.4. The molecule has 0 bridgehead atoms. The highest BCUT2D eigenvalue weighted by atomic mass is 32.2. The van der Waals surface area contributed by atoms with Crippen molar-refractivity contribution in [3.05, 3.63) is 82.9 Å². The van der Waals surface area contributed by atoms with Gasteiger partial charge in [0.2, 0.25) is 0 Å². The normalized spacial score (nSPS) is 11.4. The third-order valence-corrected chi connectivity index (χ3v) is 5.29. The summed E-state index contributed by atoms with van der Waals surface area (Å²) in [6, 6.07) is 20.1. The van der Waals surface area contributed by atoms with Crippen LogP contribution in [0.25, 0.3) is 16.8 Å². The monoisotopic (exact) mass is 391 g/mol. The Morgan fingerprint density at radius 1 is 1.07 bits per heavy atom. The molecule has 0 amide bonds. The largest absolute Gasteiger partial charge is 0.373 e. The van der Waals surface area contributed by atoms with E-state index >= 15 is 0 Å². The van der Waals surface area contributed by atoms with E-state index in [0.29, 0.717) is 12.3 Å². The smallest absolute Gasteiger partial charge is 0.274 e. The number of hydrogen-bond acceptors (Lipinski definition) is 4. The first-order valence-corrected chi connectivity index (χ1v) is 9.96. The van der Waals surface area contributed by atoms with Crippen LogP contribution in [0.15, 0.2) is 81.4 Å². The Balaban J connectivity index is 1.64. The van der Waals surface area contributed by atoms with Gasteiger partial charge in [-0.3, -0.25) is 4.79 Å². The molecule has 0 saturated heterocycles. The van der Waals surface area contributed by atoms with Crippen molar-refractivity contribution in [3.63, 3.8) is 0 Å². The van der Waals surface area contributed by atoms with E-state index in [4.69, 9.17) is 4.74 Å². The highest BCUT2D eigenvalue weighted by molar-refractivity contribution is 7.99. The topological polar surface area (TPSA) is 59.4 Å². The third kappa shape index (κ3) is 4.03. The van der Waals surface area contributed by atoms with Gasteiger partial charge in [-0.1, -0.05) is 42.1 Å². The van der Waals surface area contributed by atoms with Gasteiger partial charge < -0.3 is 9.72 Å². The van der Waals surface area contributed by atoms with Crippen LogP contribution in [0, 0.1) is 0 Å². The summed E-state index contributed by atoms with van der Waals surface area (Å²) >= 11 is 1.72. The van der Waals surface area contributed by atoms with E-state index in [1.54, 1.807) is 18.0 Å². The summed E-state index contributed by atoms with van der Waals surface area (Å²) in [5.74, 6) is 0. The van der Waals surface area contributed by atoms with Crippen molar-refractivity contribution < 1.29 is 4.74 Å². The van der Waals surface area contributed by atoms with E-state index in [-0.39, 0.29) is 11.7 Å². The summed E-state index contributed by atoms with van der Waals surface area (Å²) in [5.41, 5.74) is 3.14. The number of nitrogens with one attached hydrogen (secondary N) is 1. The molecule has 2 heterocycles. The zero-order chi connectivity index (χ0) is 19.5. The molecule has 0 saturated carbocycles. The van der Waals surface area contributed by atoms with Gasteiger partial charge in [-0.15, -0.1) is 0 Å². The molecule has 4 aromatic rings. The average molecular weight is 391 g/mol. The lowest BCUT2D eigenvalue weighted by molar-refractivity contribution is 0.0636. The number of benzene rings is 2. The van der Waals surface area contributed by atoms with E-state index in [0.717, 1.165) is 21.7 Å². The lowest BCUT2D eigenvalue weighted by atomic mass is 10.1. The molecule has 0 aliphatic carbocycles. The van der Waals surface area contributed by atoms with Crippen LogP contribution < -0.4 is 5.56 Å². The van der Waals surface area contributed by atoms with Crippen LogP contribution >= 0.6 is 11.8 Å². The Morgan fingerprint density at radius 3 is 2.50 bits per heavy atom. The van der Waals surface area contributed by atoms with Crippen molar-refractivity contribution >= 4 is 17.4 Å². The first-order chi connectivity index (χ1) is 13.6. The quantitative estimate of drug-likeness (QED) is 0.514. The van der Waals surface area contributed by atoms with Crippen molar-refractivity contribution in [1.29, 1.82) is 0 Å². The minimum Gasteiger partial charge on any atom is -0.373 e. The molecule has 0 aliphatic rings. The molecule has 2 aromatic carbocycles. The van der Waals surface area contributed by atoms with Crippen LogP contribution in [0.5, 0.6) is 0 Å². The molecule has 4 rings (SSSR count). The molecule has 0 aliphatic heterocycles. The molecule has 5 nitrogen and oxygen atoms in total. The van der Waals surface area contributed by atoms with Gasteiger partial charge in [-0.2, -0.15) is 9.61 Å². The number of rotatable bonds is 6. The fourth-order valence-corrected chi connectivity index (χ4v) is 3.74. The maximum atomic E-state index is 12.4. The number of H-pyrrole nitrogens is 1. The van der Waals surface area contributed by atoms with Gasteiger partial charge in [0.15, 0.2) is 0 Å². The second-order valence-electron chi connectivity index (χ2n) is 6.75. The maximum Gasteiger partial charge on any atom is 0.274 e. The molecule has 0 atom stereocenters. The number of aromatic amines is 1. The Bertz CT molecular complexity index is 1130. The minimum atomic E-state index is -0.168. The van der Waals surface area contributed by atoms with Crippen molar-refractivity contribution in [1.82, 2.24) is 14.6 Å². The van der Waals surface area contributed by atoms with Gasteiger partial charge in [-0.25, -0.2) is 0 Å². The fraction of sp³-hybridized carbons (Fsp3) is 0.182. The SMILES string of the molecule is CC(C)OCc1cc(=O)n2ncc(-c3ccc(Sc4ccccc4)cc3)c2[nH]1. The second kappa shape index (κ2) is 8.04.